The molecule has 4 nitrogen and oxygen atoms in total. The van der Waals surface area contributed by atoms with Gasteiger partial charge in [-0.25, -0.2) is 4.39 Å². The van der Waals surface area contributed by atoms with Crippen LogP contribution in [0.2, 0.25) is 0 Å². The second kappa shape index (κ2) is 7.51. The minimum absolute atomic E-state index is 0.106. The van der Waals surface area contributed by atoms with Crippen LogP contribution < -0.4 is 5.32 Å². The van der Waals surface area contributed by atoms with Gasteiger partial charge in [-0.2, -0.15) is 0 Å². The number of carbonyl (C=O) groups excluding carboxylic acids is 1. The zero-order valence-electron chi connectivity index (χ0n) is 10.9. The predicted octanol–water partition coefficient (Wildman–Crippen LogP) is 2.30. The molecular formula is C14H18FNO3. The van der Waals surface area contributed by atoms with E-state index in [1.165, 1.54) is 12.1 Å². The summed E-state index contributed by atoms with van der Waals surface area (Å²) >= 11 is 0. The lowest BCUT2D eigenvalue weighted by Gasteiger charge is -2.12. The first kappa shape index (κ1) is 15.1. The third kappa shape index (κ3) is 5.50. The maximum absolute atomic E-state index is 13.0. The number of benzene rings is 1. The molecule has 0 radical (unpaired) electrons. The number of aliphatic carboxylic acids is 1. The molecule has 1 aromatic rings. The fourth-order valence-electron chi connectivity index (χ4n) is 1.69. The molecule has 19 heavy (non-hydrogen) atoms. The smallest absolute Gasteiger partial charge is 0.303 e. The van der Waals surface area contributed by atoms with E-state index in [0.717, 1.165) is 0 Å². The van der Waals surface area contributed by atoms with Crippen molar-refractivity contribution in [1.82, 2.24) is 5.32 Å². The Morgan fingerprint density at radius 3 is 2.74 bits per heavy atom. The van der Waals surface area contributed by atoms with Crippen molar-refractivity contribution in [3.05, 3.63) is 35.6 Å². The summed E-state index contributed by atoms with van der Waals surface area (Å²) in [5.74, 6) is -1.80. The van der Waals surface area contributed by atoms with Gasteiger partial charge in [0, 0.05) is 13.0 Å². The number of hydrogen-bond acceptors (Lipinski definition) is 2. The van der Waals surface area contributed by atoms with Crippen LogP contribution in [0.25, 0.3) is 0 Å². The molecule has 5 heteroatoms. The van der Waals surface area contributed by atoms with Crippen LogP contribution in [0.1, 0.15) is 37.7 Å². The van der Waals surface area contributed by atoms with Gasteiger partial charge in [0.25, 0.3) is 0 Å². The molecule has 2 N–H and O–H groups in total. The fraction of sp³-hybridized carbons (Fsp3) is 0.429. The molecule has 0 aromatic heterocycles. The molecule has 0 aliphatic heterocycles. The molecule has 0 saturated heterocycles. The van der Waals surface area contributed by atoms with Crippen LogP contribution in [-0.4, -0.2) is 23.5 Å². The summed E-state index contributed by atoms with van der Waals surface area (Å²) in [5.41, 5.74) is 0.628. The van der Waals surface area contributed by atoms with E-state index in [1.807, 2.05) is 0 Å². The number of hydrogen-bond donors (Lipinski definition) is 2. The van der Waals surface area contributed by atoms with Crippen LogP contribution in [-0.2, 0) is 9.59 Å². The van der Waals surface area contributed by atoms with Crippen molar-refractivity contribution in [3.8, 4) is 0 Å². The first-order valence-electron chi connectivity index (χ1n) is 6.25. The molecule has 0 aliphatic carbocycles. The summed E-state index contributed by atoms with van der Waals surface area (Å²) in [6.45, 7) is 2.15. The summed E-state index contributed by atoms with van der Waals surface area (Å²) in [6, 6.07) is 5.95. The molecule has 0 saturated carbocycles. The van der Waals surface area contributed by atoms with E-state index in [9.17, 15) is 14.0 Å². The SMILES string of the molecule is CC(C(=O)NCCCCC(=O)O)c1cccc(F)c1. The van der Waals surface area contributed by atoms with E-state index in [0.29, 0.717) is 24.9 Å². The monoisotopic (exact) mass is 267 g/mol. The average molecular weight is 267 g/mol. The standard InChI is InChI=1S/C14H18FNO3/c1-10(11-5-4-6-12(15)9-11)14(19)16-8-3-2-7-13(17)18/h4-6,9-10H,2-3,7-8H2,1H3,(H,16,19)(H,17,18). The lowest BCUT2D eigenvalue weighted by molar-refractivity contribution is -0.137. The first-order chi connectivity index (χ1) is 9.00. The number of carbonyl (C=O) groups is 2. The average Bonchev–Trinajstić information content (AvgIpc) is 2.36. The minimum Gasteiger partial charge on any atom is -0.481 e. The molecule has 104 valence electrons. The number of nitrogens with one attached hydrogen (secondary N) is 1. The van der Waals surface area contributed by atoms with Crippen molar-refractivity contribution in [2.75, 3.05) is 6.54 Å². The zero-order chi connectivity index (χ0) is 14.3. The van der Waals surface area contributed by atoms with Crippen molar-refractivity contribution >= 4 is 11.9 Å². The third-order valence-electron chi connectivity index (χ3n) is 2.86. The number of amides is 1. The van der Waals surface area contributed by atoms with Crippen LogP contribution in [0, 0.1) is 5.82 Å². The molecule has 0 heterocycles. The van der Waals surface area contributed by atoms with Gasteiger partial charge in [0.1, 0.15) is 5.82 Å². The molecule has 1 amide bonds. The maximum Gasteiger partial charge on any atom is 0.303 e. The molecule has 1 rings (SSSR count). The van der Waals surface area contributed by atoms with Gasteiger partial charge in [0.2, 0.25) is 5.91 Å². The van der Waals surface area contributed by atoms with E-state index in [1.54, 1.807) is 19.1 Å². The van der Waals surface area contributed by atoms with Crippen LogP contribution in [0.4, 0.5) is 4.39 Å². The van der Waals surface area contributed by atoms with Gasteiger partial charge >= 0.3 is 5.97 Å². The summed E-state index contributed by atoms with van der Waals surface area (Å²) in [6.07, 6.45) is 1.26. The van der Waals surface area contributed by atoms with Gasteiger partial charge in [-0.1, -0.05) is 12.1 Å². The first-order valence-corrected chi connectivity index (χ1v) is 6.25. The maximum atomic E-state index is 13.0. The van der Waals surface area contributed by atoms with Crippen LogP contribution in [0.3, 0.4) is 0 Å². The predicted molar refractivity (Wildman–Crippen MR) is 69.3 cm³/mol. The zero-order valence-corrected chi connectivity index (χ0v) is 10.9. The molecule has 1 aromatic carbocycles. The highest BCUT2D eigenvalue weighted by molar-refractivity contribution is 5.83. The quantitative estimate of drug-likeness (QED) is 0.745. The molecule has 0 bridgehead atoms. The Bertz CT molecular complexity index is 448. The minimum atomic E-state index is -0.834. The number of carboxylic acid groups (broad SMARTS) is 1. The summed E-state index contributed by atoms with van der Waals surface area (Å²) in [5, 5.41) is 11.2. The molecule has 0 aliphatic rings. The molecule has 1 unspecified atom stereocenters. The van der Waals surface area contributed by atoms with Crippen LogP contribution >= 0.6 is 0 Å². The Morgan fingerprint density at radius 1 is 1.37 bits per heavy atom. The highest BCUT2D eigenvalue weighted by atomic mass is 19.1. The third-order valence-corrected chi connectivity index (χ3v) is 2.86. The van der Waals surface area contributed by atoms with Gasteiger partial charge in [0.05, 0.1) is 5.92 Å². The topological polar surface area (TPSA) is 66.4 Å². The Morgan fingerprint density at radius 2 is 2.11 bits per heavy atom. The van der Waals surface area contributed by atoms with Gasteiger partial charge in [-0.15, -0.1) is 0 Å². The highest BCUT2D eigenvalue weighted by Gasteiger charge is 2.14. The van der Waals surface area contributed by atoms with Gasteiger partial charge in [-0.05, 0) is 37.5 Å². The Hall–Kier alpha value is -1.91. The molecule has 1 atom stereocenters. The fourth-order valence-corrected chi connectivity index (χ4v) is 1.69. The molecular weight excluding hydrogens is 249 g/mol. The van der Waals surface area contributed by atoms with E-state index in [2.05, 4.69) is 5.32 Å². The van der Waals surface area contributed by atoms with E-state index in [-0.39, 0.29) is 18.1 Å². The van der Waals surface area contributed by atoms with E-state index >= 15 is 0 Å². The van der Waals surface area contributed by atoms with Gasteiger partial charge < -0.3 is 10.4 Å². The molecule has 0 fully saturated rings. The number of unbranched alkanes of at least 4 members (excludes halogenated alkanes) is 1. The Balaban J connectivity index is 2.35. The van der Waals surface area contributed by atoms with Gasteiger partial charge in [0.15, 0.2) is 0 Å². The summed E-state index contributed by atoms with van der Waals surface area (Å²) in [4.78, 5) is 22.1. The van der Waals surface area contributed by atoms with Crippen molar-refractivity contribution in [1.29, 1.82) is 0 Å². The van der Waals surface area contributed by atoms with Crippen molar-refractivity contribution in [3.63, 3.8) is 0 Å². The lowest BCUT2D eigenvalue weighted by Crippen LogP contribution is -2.29. The Kier molecular flexibility index (Phi) is 5.99. The van der Waals surface area contributed by atoms with Crippen LogP contribution in [0.15, 0.2) is 24.3 Å². The highest BCUT2D eigenvalue weighted by Crippen LogP contribution is 2.16. The summed E-state index contributed by atoms with van der Waals surface area (Å²) in [7, 11) is 0. The summed E-state index contributed by atoms with van der Waals surface area (Å²) < 4.78 is 13.0. The second-order valence-electron chi connectivity index (χ2n) is 4.42. The van der Waals surface area contributed by atoms with Crippen LogP contribution in [0.5, 0.6) is 0 Å². The van der Waals surface area contributed by atoms with Crippen molar-refractivity contribution in [2.24, 2.45) is 0 Å². The second-order valence-corrected chi connectivity index (χ2v) is 4.42. The lowest BCUT2D eigenvalue weighted by atomic mass is 10.0. The molecule has 0 spiro atoms. The van der Waals surface area contributed by atoms with E-state index in [4.69, 9.17) is 5.11 Å². The van der Waals surface area contributed by atoms with Crippen molar-refractivity contribution < 1.29 is 19.1 Å². The number of rotatable bonds is 7. The largest absolute Gasteiger partial charge is 0.481 e. The number of halogens is 1. The number of carboxylic acids is 1. The van der Waals surface area contributed by atoms with Gasteiger partial charge in [-0.3, -0.25) is 9.59 Å². The Labute approximate surface area is 111 Å². The van der Waals surface area contributed by atoms with E-state index < -0.39 is 11.9 Å². The normalized spacial score (nSPS) is 11.9. The van der Waals surface area contributed by atoms with Crippen molar-refractivity contribution in [2.45, 2.75) is 32.1 Å².